The minimum Gasteiger partial charge on any atom is -0.493 e. The second-order valence-electron chi connectivity index (χ2n) is 6.30. The summed E-state index contributed by atoms with van der Waals surface area (Å²) in [6.45, 7) is 4.30. The molecule has 7 nitrogen and oxygen atoms in total. The van der Waals surface area contributed by atoms with Crippen molar-refractivity contribution in [2.24, 2.45) is 5.92 Å². The maximum absolute atomic E-state index is 12.2. The van der Waals surface area contributed by atoms with Gasteiger partial charge in [0.1, 0.15) is 11.1 Å². The Balaban J connectivity index is 1.92. The average molecular weight is 402 g/mol. The van der Waals surface area contributed by atoms with Gasteiger partial charge in [0, 0.05) is 0 Å². The highest BCUT2D eigenvalue weighted by Crippen LogP contribution is 2.29. The second kappa shape index (κ2) is 10.3. The third-order valence-electron chi connectivity index (χ3n) is 3.73. The normalized spacial score (nSPS) is 10.2. The molecule has 2 aromatic rings. The Kier molecular flexibility index (Phi) is 7.84. The van der Waals surface area contributed by atoms with Gasteiger partial charge in [0.25, 0.3) is 5.91 Å². The van der Waals surface area contributed by atoms with Crippen LogP contribution in [0.25, 0.3) is 0 Å². The monoisotopic (exact) mass is 402 g/mol. The highest BCUT2D eigenvalue weighted by atomic mass is 32.1. The van der Waals surface area contributed by atoms with Gasteiger partial charge in [-0.1, -0.05) is 13.8 Å². The van der Waals surface area contributed by atoms with Crippen LogP contribution in [0.15, 0.2) is 29.6 Å². The van der Waals surface area contributed by atoms with Crippen LogP contribution in [0.5, 0.6) is 11.5 Å². The van der Waals surface area contributed by atoms with Crippen LogP contribution in [0.3, 0.4) is 0 Å². The topological polar surface area (TPSA) is 97.6 Å². The molecule has 1 aromatic carbocycles. The molecule has 0 aliphatic carbocycles. The molecule has 0 aliphatic rings. The molecule has 8 heteroatoms. The van der Waals surface area contributed by atoms with Crippen molar-refractivity contribution in [1.29, 1.82) is 5.26 Å². The van der Waals surface area contributed by atoms with E-state index >= 15 is 0 Å². The molecule has 0 bridgehead atoms. The zero-order valence-electron chi connectivity index (χ0n) is 16.0. The predicted molar refractivity (Wildman–Crippen MR) is 106 cm³/mol. The number of carbonyl (C=O) groups is 2. The number of amides is 1. The molecule has 28 heavy (non-hydrogen) atoms. The van der Waals surface area contributed by atoms with E-state index in [4.69, 9.17) is 19.5 Å². The van der Waals surface area contributed by atoms with Crippen LogP contribution >= 0.6 is 11.3 Å². The van der Waals surface area contributed by atoms with Crippen LogP contribution in [0, 0.1) is 17.2 Å². The Bertz CT molecular complexity index is 870. The fourth-order valence-corrected chi connectivity index (χ4v) is 2.94. The number of esters is 1. The van der Waals surface area contributed by atoms with Crippen molar-refractivity contribution in [3.63, 3.8) is 0 Å². The lowest BCUT2D eigenvalue weighted by atomic mass is 10.1. The summed E-state index contributed by atoms with van der Waals surface area (Å²) in [7, 11) is 1.49. The highest BCUT2D eigenvalue weighted by molar-refractivity contribution is 7.14. The SMILES string of the molecule is COc1cc(C(=O)OCC(=O)Nc2sccc2C#N)ccc1OCCC(C)C. The van der Waals surface area contributed by atoms with Crippen LogP contribution in [0.2, 0.25) is 0 Å². The molecule has 0 saturated heterocycles. The van der Waals surface area contributed by atoms with E-state index in [1.54, 1.807) is 23.6 Å². The number of nitrogens with one attached hydrogen (secondary N) is 1. The zero-order chi connectivity index (χ0) is 20.5. The zero-order valence-corrected chi connectivity index (χ0v) is 16.8. The number of ether oxygens (including phenoxy) is 3. The molecule has 0 aliphatic heterocycles. The quantitative estimate of drug-likeness (QED) is 0.640. The van der Waals surface area contributed by atoms with Crippen molar-refractivity contribution in [2.75, 3.05) is 25.6 Å². The maximum atomic E-state index is 12.2. The summed E-state index contributed by atoms with van der Waals surface area (Å²) in [6.07, 6.45) is 0.903. The Hall–Kier alpha value is -3.05. The van der Waals surface area contributed by atoms with E-state index in [0.717, 1.165) is 6.42 Å². The first kappa shape index (κ1) is 21.3. The Morgan fingerprint density at radius 3 is 2.71 bits per heavy atom. The first-order chi connectivity index (χ1) is 13.4. The molecule has 1 heterocycles. The average Bonchev–Trinajstić information content (AvgIpc) is 3.13. The third-order valence-corrected chi connectivity index (χ3v) is 4.55. The van der Waals surface area contributed by atoms with E-state index in [0.29, 0.717) is 34.6 Å². The molecule has 1 aromatic heterocycles. The number of anilines is 1. The second-order valence-corrected chi connectivity index (χ2v) is 7.21. The molecule has 148 valence electrons. The number of hydrogen-bond donors (Lipinski definition) is 1. The minimum absolute atomic E-state index is 0.245. The molecule has 2 rings (SSSR count). The molecular weight excluding hydrogens is 380 g/mol. The lowest BCUT2D eigenvalue weighted by Gasteiger charge is -2.13. The fraction of sp³-hybridized carbons (Fsp3) is 0.350. The molecule has 1 amide bonds. The van der Waals surface area contributed by atoms with Gasteiger partial charge < -0.3 is 19.5 Å². The van der Waals surface area contributed by atoms with E-state index in [-0.39, 0.29) is 5.56 Å². The number of carbonyl (C=O) groups excluding carboxylic acids is 2. The van der Waals surface area contributed by atoms with Crippen molar-refractivity contribution in [3.05, 3.63) is 40.8 Å². The summed E-state index contributed by atoms with van der Waals surface area (Å²) in [4.78, 5) is 24.1. The van der Waals surface area contributed by atoms with Crippen LogP contribution in [-0.2, 0) is 9.53 Å². The van der Waals surface area contributed by atoms with Gasteiger partial charge in [-0.25, -0.2) is 4.79 Å². The first-order valence-electron chi connectivity index (χ1n) is 8.70. The number of benzene rings is 1. The van der Waals surface area contributed by atoms with Gasteiger partial charge in [0.2, 0.25) is 0 Å². The first-order valence-corrected chi connectivity index (χ1v) is 9.58. The number of nitrogens with zero attached hydrogens (tertiary/aromatic N) is 1. The number of methoxy groups -OCH3 is 1. The smallest absolute Gasteiger partial charge is 0.338 e. The van der Waals surface area contributed by atoms with Gasteiger partial charge in [0.15, 0.2) is 18.1 Å². The van der Waals surface area contributed by atoms with E-state index in [9.17, 15) is 9.59 Å². The summed E-state index contributed by atoms with van der Waals surface area (Å²) in [5.74, 6) is 0.297. The molecule has 0 unspecified atom stereocenters. The molecular formula is C20H22N2O5S. The maximum Gasteiger partial charge on any atom is 0.338 e. The highest BCUT2D eigenvalue weighted by Gasteiger charge is 2.15. The van der Waals surface area contributed by atoms with Crippen molar-refractivity contribution >= 4 is 28.2 Å². The molecule has 0 saturated carbocycles. The van der Waals surface area contributed by atoms with Crippen LogP contribution in [0.4, 0.5) is 5.00 Å². The van der Waals surface area contributed by atoms with Crippen molar-refractivity contribution in [1.82, 2.24) is 0 Å². The van der Waals surface area contributed by atoms with Crippen molar-refractivity contribution in [3.8, 4) is 17.6 Å². The van der Waals surface area contributed by atoms with Crippen LogP contribution in [0.1, 0.15) is 36.2 Å². The lowest BCUT2D eigenvalue weighted by Crippen LogP contribution is -2.20. The van der Waals surface area contributed by atoms with E-state index in [1.165, 1.54) is 24.5 Å². The van der Waals surface area contributed by atoms with Crippen LogP contribution < -0.4 is 14.8 Å². The summed E-state index contributed by atoms with van der Waals surface area (Å²) < 4.78 is 16.0. The standard InChI is InChI=1S/C20H22N2O5S/c1-13(2)6-8-26-16-5-4-14(10-17(16)25-3)20(24)27-12-18(23)22-19-15(11-21)7-9-28-19/h4-5,7,9-10,13H,6,8,12H2,1-3H3,(H,22,23). The summed E-state index contributed by atoms with van der Waals surface area (Å²) in [5, 5.41) is 13.6. The molecule has 0 fully saturated rings. The third kappa shape index (κ3) is 5.99. The summed E-state index contributed by atoms with van der Waals surface area (Å²) in [6, 6.07) is 8.28. The Morgan fingerprint density at radius 1 is 1.25 bits per heavy atom. The van der Waals surface area contributed by atoms with E-state index in [2.05, 4.69) is 19.2 Å². The number of nitriles is 1. The van der Waals surface area contributed by atoms with E-state index < -0.39 is 18.5 Å². The van der Waals surface area contributed by atoms with Gasteiger partial charge in [-0.3, -0.25) is 4.79 Å². The molecule has 0 spiro atoms. The summed E-state index contributed by atoms with van der Waals surface area (Å²) >= 11 is 1.22. The Labute approximate surface area is 167 Å². The Morgan fingerprint density at radius 2 is 2.04 bits per heavy atom. The predicted octanol–water partition coefficient (Wildman–Crippen LogP) is 3.85. The number of rotatable bonds is 9. The molecule has 1 N–H and O–H groups in total. The lowest BCUT2D eigenvalue weighted by molar-refractivity contribution is -0.119. The minimum atomic E-state index is -0.658. The van der Waals surface area contributed by atoms with Gasteiger partial charge in [-0.15, -0.1) is 11.3 Å². The van der Waals surface area contributed by atoms with Gasteiger partial charge in [-0.05, 0) is 42.0 Å². The van der Waals surface area contributed by atoms with E-state index in [1.807, 2.05) is 6.07 Å². The fourth-order valence-electron chi connectivity index (χ4n) is 2.19. The molecule has 0 atom stereocenters. The van der Waals surface area contributed by atoms with Crippen molar-refractivity contribution < 1.29 is 23.8 Å². The van der Waals surface area contributed by atoms with Crippen LogP contribution in [-0.4, -0.2) is 32.2 Å². The van der Waals surface area contributed by atoms with Crippen molar-refractivity contribution in [2.45, 2.75) is 20.3 Å². The van der Waals surface area contributed by atoms with Gasteiger partial charge in [0.05, 0.1) is 24.8 Å². The van der Waals surface area contributed by atoms with Gasteiger partial charge in [-0.2, -0.15) is 5.26 Å². The number of hydrogen-bond acceptors (Lipinski definition) is 7. The largest absolute Gasteiger partial charge is 0.493 e. The summed E-state index contributed by atoms with van der Waals surface area (Å²) in [5.41, 5.74) is 0.608. The number of thiophene rings is 1. The molecule has 0 radical (unpaired) electrons. The van der Waals surface area contributed by atoms with Gasteiger partial charge >= 0.3 is 5.97 Å².